The van der Waals surface area contributed by atoms with Gasteiger partial charge in [0.1, 0.15) is 4.90 Å². The van der Waals surface area contributed by atoms with E-state index in [1.54, 1.807) is 4.31 Å². The number of likely N-dealkylation sites (tertiary alicyclic amines) is 1. The molecule has 0 N–H and O–H groups in total. The number of sulfonamides is 2. The minimum atomic E-state index is -3.84. The SMILES string of the molecule is Cl.O=S(=O)(CCC1CCN(S(=O)(=O)c2cc(Cl)c(Cl)cc2Cl)C1)N1CCC(CCN2CCCC2)CC1. The van der Waals surface area contributed by atoms with Gasteiger partial charge in [0.2, 0.25) is 20.0 Å². The number of halogens is 4. The number of piperidine rings is 1. The van der Waals surface area contributed by atoms with Gasteiger partial charge < -0.3 is 4.90 Å². The van der Waals surface area contributed by atoms with Crippen molar-refractivity contribution in [1.82, 2.24) is 13.5 Å². The van der Waals surface area contributed by atoms with Crippen LogP contribution in [-0.4, -0.2) is 81.9 Å². The van der Waals surface area contributed by atoms with E-state index in [0.29, 0.717) is 38.4 Å². The quantitative estimate of drug-likeness (QED) is 0.362. The van der Waals surface area contributed by atoms with Gasteiger partial charge in [0.25, 0.3) is 0 Å². The van der Waals surface area contributed by atoms with Crippen LogP contribution in [0.5, 0.6) is 0 Å². The van der Waals surface area contributed by atoms with Crippen LogP contribution in [0.2, 0.25) is 15.1 Å². The summed E-state index contributed by atoms with van der Waals surface area (Å²) in [6.07, 6.45) is 6.66. The maximum atomic E-state index is 13.1. The fraction of sp³-hybridized carbons (Fsp3) is 0.739. The summed E-state index contributed by atoms with van der Waals surface area (Å²) in [4.78, 5) is 2.44. The maximum absolute atomic E-state index is 13.1. The molecule has 0 saturated carbocycles. The van der Waals surface area contributed by atoms with Crippen molar-refractivity contribution in [1.29, 1.82) is 0 Å². The van der Waals surface area contributed by atoms with Crippen LogP contribution in [0.1, 0.15) is 44.9 Å². The predicted molar refractivity (Wildman–Crippen MR) is 149 cm³/mol. The van der Waals surface area contributed by atoms with Gasteiger partial charge in [-0.15, -0.1) is 12.4 Å². The van der Waals surface area contributed by atoms with Crippen LogP contribution in [-0.2, 0) is 20.0 Å². The van der Waals surface area contributed by atoms with E-state index in [2.05, 4.69) is 4.90 Å². The normalized spacial score (nSPS) is 23.2. The summed E-state index contributed by atoms with van der Waals surface area (Å²) in [5.41, 5.74) is 0. The predicted octanol–water partition coefficient (Wildman–Crippen LogP) is 5.00. The second kappa shape index (κ2) is 13.0. The molecule has 206 valence electrons. The fourth-order valence-corrected chi connectivity index (χ4v) is 9.55. The van der Waals surface area contributed by atoms with Crippen molar-refractivity contribution in [3.05, 3.63) is 27.2 Å². The first-order valence-electron chi connectivity index (χ1n) is 12.4. The minimum absolute atomic E-state index is 0. The number of benzene rings is 1. The third-order valence-electron chi connectivity index (χ3n) is 7.64. The molecular formula is C23H35Cl4N3O4S2. The number of hydrogen-bond acceptors (Lipinski definition) is 5. The van der Waals surface area contributed by atoms with E-state index in [1.165, 1.54) is 42.4 Å². The molecule has 13 heteroatoms. The molecule has 3 aliphatic rings. The summed E-state index contributed by atoms with van der Waals surface area (Å²) in [5.74, 6) is 0.639. The van der Waals surface area contributed by atoms with E-state index in [4.69, 9.17) is 34.8 Å². The zero-order valence-electron chi connectivity index (χ0n) is 20.2. The smallest absolute Gasteiger partial charge is 0.244 e. The Morgan fingerprint density at radius 1 is 0.750 bits per heavy atom. The number of nitrogens with zero attached hydrogens (tertiary/aromatic N) is 3. The van der Waals surface area contributed by atoms with Gasteiger partial charge in [-0.05, 0) is 88.5 Å². The molecule has 7 nitrogen and oxygen atoms in total. The Morgan fingerprint density at radius 2 is 1.33 bits per heavy atom. The molecule has 4 rings (SSSR count). The van der Waals surface area contributed by atoms with Crippen molar-refractivity contribution < 1.29 is 16.8 Å². The first-order valence-corrected chi connectivity index (χ1v) is 16.6. The molecule has 0 radical (unpaired) electrons. The lowest BCUT2D eigenvalue weighted by molar-refractivity contribution is 0.231. The summed E-state index contributed by atoms with van der Waals surface area (Å²) in [6.45, 7) is 5.31. The zero-order valence-corrected chi connectivity index (χ0v) is 25.0. The van der Waals surface area contributed by atoms with Crippen LogP contribution in [0.4, 0.5) is 0 Å². The molecule has 36 heavy (non-hydrogen) atoms. The second-order valence-corrected chi connectivity index (χ2v) is 15.2. The van der Waals surface area contributed by atoms with E-state index in [1.807, 2.05) is 0 Å². The van der Waals surface area contributed by atoms with E-state index in [0.717, 1.165) is 25.8 Å². The second-order valence-electron chi connectivity index (χ2n) is 10.00. The highest BCUT2D eigenvalue weighted by molar-refractivity contribution is 7.89. The van der Waals surface area contributed by atoms with Crippen LogP contribution < -0.4 is 0 Å². The molecule has 0 bridgehead atoms. The Balaban J connectivity index is 0.00000361. The van der Waals surface area contributed by atoms with E-state index in [9.17, 15) is 16.8 Å². The number of hydrogen-bond donors (Lipinski definition) is 0. The molecule has 3 saturated heterocycles. The molecule has 1 aromatic carbocycles. The molecule has 0 amide bonds. The van der Waals surface area contributed by atoms with Gasteiger partial charge in [0.05, 0.1) is 20.8 Å². The molecule has 1 aromatic rings. The van der Waals surface area contributed by atoms with E-state index < -0.39 is 20.0 Å². The Kier molecular flexibility index (Phi) is 11.1. The van der Waals surface area contributed by atoms with Gasteiger partial charge in [-0.3, -0.25) is 0 Å². The van der Waals surface area contributed by atoms with Gasteiger partial charge in [-0.25, -0.2) is 21.1 Å². The van der Waals surface area contributed by atoms with Gasteiger partial charge in [0, 0.05) is 26.2 Å². The number of rotatable bonds is 9. The molecule has 1 atom stereocenters. The van der Waals surface area contributed by atoms with Gasteiger partial charge in [-0.1, -0.05) is 34.8 Å². The average Bonchev–Trinajstić information content (AvgIpc) is 3.51. The van der Waals surface area contributed by atoms with E-state index in [-0.39, 0.29) is 50.6 Å². The lowest BCUT2D eigenvalue weighted by Gasteiger charge is -2.32. The van der Waals surface area contributed by atoms with Crippen molar-refractivity contribution in [3.63, 3.8) is 0 Å². The van der Waals surface area contributed by atoms with Crippen LogP contribution in [0.15, 0.2) is 17.0 Å². The fourth-order valence-electron chi connectivity index (χ4n) is 5.38. The lowest BCUT2D eigenvalue weighted by Crippen LogP contribution is -2.40. The molecule has 3 fully saturated rings. The van der Waals surface area contributed by atoms with Crippen molar-refractivity contribution in [2.45, 2.75) is 49.8 Å². The van der Waals surface area contributed by atoms with Crippen molar-refractivity contribution in [3.8, 4) is 0 Å². The van der Waals surface area contributed by atoms with Gasteiger partial charge >= 0.3 is 0 Å². The maximum Gasteiger partial charge on any atom is 0.244 e. The monoisotopic (exact) mass is 621 g/mol. The molecule has 1 unspecified atom stereocenters. The standard InChI is InChI=1S/C23H34Cl3N3O4S2.ClH/c24-20-15-22(26)23(16-21(20)25)35(32,33)29-13-6-19(17-29)7-14-34(30,31)28-11-4-18(5-12-28)3-10-27-8-1-2-9-27;/h15-16,18-19H,1-14,17H2;1H. The Bertz CT molecular complexity index is 1110. The van der Waals surface area contributed by atoms with Crippen molar-refractivity contribution in [2.75, 3.05) is 51.6 Å². The van der Waals surface area contributed by atoms with Gasteiger partial charge in [-0.2, -0.15) is 4.31 Å². The third-order valence-corrected chi connectivity index (χ3v) is 12.6. The summed E-state index contributed by atoms with van der Waals surface area (Å²) >= 11 is 18.1. The third kappa shape index (κ3) is 7.42. The van der Waals surface area contributed by atoms with E-state index >= 15 is 0 Å². The van der Waals surface area contributed by atoms with Crippen LogP contribution >= 0.6 is 47.2 Å². The summed E-state index contributed by atoms with van der Waals surface area (Å²) in [5, 5.41) is 0.335. The first kappa shape index (κ1) is 30.7. The largest absolute Gasteiger partial charge is 0.303 e. The summed E-state index contributed by atoms with van der Waals surface area (Å²) < 4.78 is 55.1. The Hall–Kier alpha value is 0.160. The molecule has 3 aliphatic heterocycles. The zero-order chi connectivity index (χ0) is 25.2. The minimum Gasteiger partial charge on any atom is -0.303 e. The first-order chi connectivity index (χ1) is 16.6. The highest BCUT2D eigenvalue weighted by Gasteiger charge is 2.35. The van der Waals surface area contributed by atoms with Crippen LogP contribution in [0.25, 0.3) is 0 Å². The molecule has 0 spiro atoms. The van der Waals surface area contributed by atoms with Crippen LogP contribution in [0, 0.1) is 11.8 Å². The molecule has 0 aliphatic carbocycles. The molecular weight excluding hydrogens is 588 g/mol. The molecule has 3 heterocycles. The lowest BCUT2D eigenvalue weighted by atomic mass is 9.94. The highest BCUT2D eigenvalue weighted by Crippen LogP contribution is 2.35. The van der Waals surface area contributed by atoms with Crippen molar-refractivity contribution in [2.24, 2.45) is 11.8 Å². The Labute approximate surface area is 236 Å². The highest BCUT2D eigenvalue weighted by atomic mass is 35.5. The summed E-state index contributed by atoms with van der Waals surface area (Å²) in [6, 6.07) is 2.60. The molecule has 0 aromatic heterocycles. The van der Waals surface area contributed by atoms with Gasteiger partial charge in [0.15, 0.2) is 0 Å². The van der Waals surface area contributed by atoms with Crippen LogP contribution in [0.3, 0.4) is 0 Å². The average molecular weight is 623 g/mol. The van der Waals surface area contributed by atoms with Crippen molar-refractivity contribution >= 4 is 67.3 Å². The summed E-state index contributed by atoms with van der Waals surface area (Å²) in [7, 11) is -7.18. The topological polar surface area (TPSA) is 78.0 Å². The Morgan fingerprint density at radius 3 is 2.00 bits per heavy atom.